The predicted octanol–water partition coefficient (Wildman–Crippen LogP) is 5.12. The highest BCUT2D eigenvalue weighted by Gasteiger charge is 2.35. The zero-order chi connectivity index (χ0) is 25.2. The highest BCUT2D eigenvalue weighted by molar-refractivity contribution is 5.92. The number of nitrogen functional groups attached to an aromatic ring is 1. The second kappa shape index (κ2) is 9.34. The SMILES string of the molecule is Nc1ccc(C=CC(=O)NCc2cc3cc(-c4ccc(C(=O)O)cc4)cc(C(F)(F)F)c3o2)cn1. The number of anilines is 1. The summed E-state index contributed by atoms with van der Waals surface area (Å²) < 4.78 is 46.7. The highest BCUT2D eigenvalue weighted by Crippen LogP contribution is 2.39. The van der Waals surface area contributed by atoms with Crippen molar-refractivity contribution in [2.75, 3.05) is 5.73 Å². The molecular formula is C25H18F3N3O4. The molecule has 0 unspecified atom stereocenters. The maximum atomic E-state index is 13.8. The molecule has 35 heavy (non-hydrogen) atoms. The molecule has 2 heterocycles. The summed E-state index contributed by atoms with van der Waals surface area (Å²) >= 11 is 0. The van der Waals surface area contributed by atoms with Gasteiger partial charge in [0, 0.05) is 17.7 Å². The van der Waals surface area contributed by atoms with Crippen molar-refractivity contribution in [1.82, 2.24) is 10.3 Å². The van der Waals surface area contributed by atoms with Crippen LogP contribution in [-0.2, 0) is 17.5 Å². The van der Waals surface area contributed by atoms with E-state index >= 15 is 0 Å². The number of carbonyl (C=O) groups is 2. The third-order valence-corrected chi connectivity index (χ3v) is 5.11. The number of amides is 1. The number of carboxylic acids is 1. The number of pyridine rings is 1. The Morgan fingerprint density at radius 1 is 1.06 bits per heavy atom. The van der Waals surface area contributed by atoms with E-state index in [1.165, 1.54) is 54.7 Å². The van der Waals surface area contributed by atoms with Gasteiger partial charge in [0.2, 0.25) is 5.91 Å². The maximum absolute atomic E-state index is 13.8. The van der Waals surface area contributed by atoms with E-state index in [4.69, 9.17) is 15.3 Å². The molecule has 4 rings (SSSR count). The fourth-order valence-electron chi connectivity index (χ4n) is 3.40. The molecule has 0 aliphatic rings. The largest absolute Gasteiger partial charge is 0.478 e. The third kappa shape index (κ3) is 5.49. The molecule has 0 radical (unpaired) electrons. The fraction of sp³-hybridized carbons (Fsp3) is 0.0800. The summed E-state index contributed by atoms with van der Waals surface area (Å²) in [5.41, 5.74) is 5.52. The zero-order valence-corrected chi connectivity index (χ0v) is 18.0. The predicted molar refractivity (Wildman–Crippen MR) is 123 cm³/mol. The number of fused-ring (bicyclic) bond motifs is 1. The minimum absolute atomic E-state index is 0.0221. The molecule has 10 heteroatoms. The number of carbonyl (C=O) groups excluding carboxylic acids is 1. The summed E-state index contributed by atoms with van der Waals surface area (Å²) in [6.45, 7) is -0.127. The van der Waals surface area contributed by atoms with E-state index in [1.54, 1.807) is 12.1 Å². The van der Waals surface area contributed by atoms with Crippen molar-refractivity contribution in [3.8, 4) is 11.1 Å². The van der Waals surface area contributed by atoms with Crippen LogP contribution in [-0.4, -0.2) is 22.0 Å². The van der Waals surface area contributed by atoms with Crippen LogP contribution in [0.15, 0.2) is 71.3 Å². The Labute approximate surface area is 196 Å². The van der Waals surface area contributed by atoms with Crippen LogP contribution in [0.2, 0.25) is 0 Å². The van der Waals surface area contributed by atoms with E-state index in [2.05, 4.69) is 10.3 Å². The monoisotopic (exact) mass is 481 g/mol. The number of nitrogens with one attached hydrogen (secondary N) is 1. The van der Waals surface area contributed by atoms with Crippen LogP contribution in [0.25, 0.3) is 28.2 Å². The molecule has 2 aromatic carbocycles. The number of hydrogen-bond acceptors (Lipinski definition) is 5. The van der Waals surface area contributed by atoms with Crippen molar-refractivity contribution < 1.29 is 32.3 Å². The average Bonchev–Trinajstić information content (AvgIpc) is 3.24. The molecule has 1 amide bonds. The number of carboxylic acid groups (broad SMARTS) is 1. The zero-order valence-electron chi connectivity index (χ0n) is 18.0. The van der Waals surface area contributed by atoms with Gasteiger partial charge >= 0.3 is 12.1 Å². The molecule has 0 aliphatic heterocycles. The molecule has 4 N–H and O–H groups in total. The van der Waals surface area contributed by atoms with Gasteiger partial charge in [-0.1, -0.05) is 12.1 Å². The molecule has 0 atom stereocenters. The normalized spacial score (nSPS) is 11.7. The molecule has 0 bridgehead atoms. The number of hydrogen-bond donors (Lipinski definition) is 3. The topological polar surface area (TPSA) is 118 Å². The van der Waals surface area contributed by atoms with Crippen molar-refractivity contribution in [2.45, 2.75) is 12.7 Å². The van der Waals surface area contributed by atoms with Crippen molar-refractivity contribution >= 4 is 34.7 Å². The quantitative estimate of drug-likeness (QED) is 0.329. The number of furan rings is 1. The van der Waals surface area contributed by atoms with Gasteiger partial charge < -0.3 is 20.6 Å². The Morgan fingerprint density at radius 2 is 1.80 bits per heavy atom. The summed E-state index contributed by atoms with van der Waals surface area (Å²) in [6.07, 6.45) is -0.423. The molecule has 0 fully saturated rings. The van der Waals surface area contributed by atoms with Crippen LogP contribution in [0.3, 0.4) is 0 Å². The van der Waals surface area contributed by atoms with E-state index in [1.807, 2.05) is 0 Å². The molecule has 4 aromatic rings. The van der Waals surface area contributed by atoms with Crippen molar-refractivity contribution in [2.24, 2.45) is 0 Å². The number of aromatic nitrogens is 1. The molecule has 178 valence electrons. The maximum Gasteiger partial charge on any atom is 0.420 e. The Kier molecular flexibility index (Phi) is 6.28. The van der Waals surface area contributed by atoms with Gasteiger partial charge in [0.1, 0.15) is 17.2 Å². The number of nitrogens with zero attached hydrogens (tertiary/aromatic N) is 1. The van der Waals surface area contributed by atoms with Gasteiger partial charge in [-0.3, -0.25) is 4.79 Å². The Morgan fingerprint density at radius 3 is 2.43 bits per heavy atom. The molecule has 2 aromatic heterocycles. The molecule has 0 saturated carbocycles. The molecule has 0 aliphatic carbocycles. The second-order valence-corrected chi connectivity index (χ2v) is 7.60. The summed E-state index contributed by atoms with van der Waals surface area (Å²) in [5, 5.41) is 11.8. The van der Waals surface area contributed by atoms with Gasteiger partial charge in [-0.25, -0.2) is 9.78 Å². The number of rotatable bonds is 6. The lowest BCUT2D eigenvalue weighted by Crippen LogP contribution is -2.19. The van der Waals surface area contributed by atoms with Gasteiger partial charge in [0.05, 0.1) is 17.7 Å². The average molecular weight is 481 g/mol. The standard InChI is InChI=1S/C25H18F3N3O4/c26-25(27,28)20-11-17(15-3-5-16(6-4-15)24(33)34)9-18-10-19(35-23(18)20)13-31-22(32)8-2-14-1-7-21(29)30-12-14/h1-12H,13H2,(H2,29,30)(H,31,32)(H,33,34). The second-order valence-electron chi connectivity index (χ2n) is 7.60. The Bertz CT molecular complexity index is 1420. The number of halogens is 3. The summed E-state index contributed by atoms with van der Waals surface area (Å²) in [7, 11) is 0. The first kappa shape index (κ1) is 23.6. The van der Waals surface area contributed by atoms with Gasteiger partial charge in [-0.2, -0.15) is 13.2 Å². The first-order chi connectivity index (χ1) is 16.6. The molecule has 0 spiro atoms. The van der Waals surface area contributed by atoms with Crippen molar-refractivity contribution in [1.29, 1.82) is 0 Å². The summed E-state index contributed by atoms with van der Waals surface area (Å²) in [5.74, 6) is -1.13. The molecular weight excluding hydrogens is 463 g/mol. The van der Waals surface area contributed by atoms with Crippen molar-refractivity contribution in [3.05, 3.63) is 89.3 Å². The lowest BCUT2D eigenvalue weighted by molar-refractivity contribution is -0.136. The van der Waals surface area contributed by atoms with Gasteiger partial charge in [-0.05, 0) is 65.2 Å². The third-order valence-electron chi connectivity index (χ3n) is 5.11. The van der Waals surface area contributed by atoms with E-state index in [0.717, 1.165) is 6.07 Å². The lowest BCUT2D eigenvalue weighted by Gasteiger charge is -2.10. The van der Waals surface area contributed by atoms with Crippen LogP contribution < -0.4 is 11.1 Å². The minimum Gasteiger partial charge on any atom is -0.478 e. The van der Waals surface area contributed by atoms with E-state index in [9.17, 15) is 22.8 Å². The number of aromatic carboxylic acids is 1. The minimum atomic E-state index is -4.69. The van der Waals surface area contributed by atoms with Gasteiger partial charge in [-0.15, -0.1) is 0 Å². The number of nitrogens with two attached hydrogens (primary N) is 1. The molecule has 7 nitrogen and oxygen atoms in total. The number of benzene rings is 2. The van der Waals surface area contributed by atoms with E-state index in [-0.39, 0.29) is 34.4 Å². The molecule has 0 saturated heterocycles. The Hall–Kier alpha value is -4.60. The summed E-state index contributed by atoms with van der Waals surface area (Å²) in [6, 6.07) is 12.7. The van der Waals surface area contributed by atoms with E-state index in [0.29, 0.717) is 16.9 Å². The van der Waals surface area contributed by atoms with Crippen LogP contribution in [0.4, 0.5) is 19.0 Å². The van der Waals surface area contributed by atoms with Crippen LogP contribution >= 0.6 is 0 Å². The lowest BCUT2D eigenvalue weighted by atomic mass is 9.99. The first-order valence-electron chi connectivity index (χ1n) is 10.2. The highest BCUT2D eigenvalue weighted by atomic mass is 19.4. The van der Waals surface area contributed by atoms with Crippen LogP contribution in [0.5, 0.6) is 0 Å². The van der Waals surface area contributed by atoms with Crippen molar-refractivity contribution in [3.63, 3.8) is 0 Å². The fourth-order valence-corrected chi connectivity index (χ4v) is 3.40. The van der Waals surface area contributed by atoms with Gasteiger partial charge in [0.25, 0.3) is 0 Å². The van der Waals surface area contributed by atoms with Gasteiger partial charge in [0.15, 0.2) is 0 Å². The van der Waals surface area contributed by atoms with Crippen LogP contribution in [0.1, 0.15) is 27.2 Å². The first-order valence-corrected chi connectivity index (χ1v) is 10.2. The van der Waals surface area contributed by atoms with E-state index < -0.39 is 23.6 Å². The summed E-state index contributed by atoms with van der Waals surface area (Å²) in [4.78, 5) is 27.1. The number of alkyl halides is 3. The Balaban J connectivity index is 1.57. The smallest absolute Gasteiger partial charge is 0.420 e. The van der Waals surface area contributed by atoms with Crippen LogP contribution in [0, 0.1) is 0 Å².